The number of hydrogen-bond acceptors (Lipinski definition) is 3. The van der Waals surface area contributed by atoms with Crippen LogP contribution in [0.3, 0.4) is 0 Å². The molecule has 2 aliphatic heterocycles. The van der Waals surface area contributed by atoms with Crippen LogP contribution < -0.4 is 5.32 Å². The topological polar surface area (TPSA) is 24.5 Å². The first-order valence-corrected chi connectivity index (χ1v) is 9.19. The van der Waals surface area contributed by atoms with Crippen LogP contribution in [0.25, 0.3) is 0 Å². The van der Waals surface area contributed by atoms with Crippen LogP contribution in [0.15, 0.2) is 0 Å². The first-order chi connectivity index (χ1) is 10.1. The molecule has 0 aromatic heterocycles. The van der Waals surface area contributed by atoms with E-state index in [2.05, 4.69) is 37.9 Å². The van der Waals surface area contributed by atoms with Gasteiger partial charge in [-0.2, -0.15) is 0 Å². The third-order valence-electron chi connectivity index (χ3n) is 5.65. The number of hydrogen-bond donors (Lipinski definition) is 1. The number of nitrogens with one attached hydrogen (secondary N) is 1. The lowest BCUT2D eigenvalue weighted by molar-refractivity contribution is 0.0112. The SMILES string of the molecule is CCC1(CC)CNC(CC(C)C)CN1CCC1CCCO1. The zero-order valence-electron chi connectivity index (χ0n) is 14.7. The molecule has 0 aromatic carbocycles. The molecular formula is C18H36N2O. The summed E-state index contributed by atoms with van der Waals surface area (Å²) in [5, 5.41) is 3.83. The molecule has 1 N–H and O–H groups in total. The molecule has 2 aliphatic rings. The van der Waals surface area contributed by atoms with Crippen molar-refractivity contribution in [3.8, 4) is 0 Å². The maximum atomic E-state index is 5.83. The van der Waals surface area contributed by atoms with Gasteiger partial charge in [0.15, 0.2) is 0 Å². The summed E-state index contributed by atoms with van der Waals surface area (Å²) < 4.78 is 5.83. The number of rotatable bonds is 7. The van der Waals surface area contributed by atoms with Crippen LogP contribution in [0.5, 0.6) is 0 Å². The summed E-state index contributed by atoms with van der Waals surface area (Å²) in [5.41, 5.74) is 0.367. The highest BCUT2D eigenvalue weighted by molar-refractivity contribution is 4.97. The third kappa shape index (κ3) is 4.43. The van der Waals surface area contributed by atoms with E-state index in [4.69, 9.17) is 4.74 Å². The molecule has 21 heavy (non-hydrogen) atoms. The number of piperazine rings is 1. The summed E-state index contributed by atoms with van der Waals surface area (Å²) in [6.45, 7) is 13.9. The van der Waals surface area contributed by atoms with Crippen molar-refractivity contribution in [3.63, 3.8) is 0 Å². The molecule has 0 aromatic rings. The quantitative estimate of drug-likeness (QED) is 0.779. The van der Waals surface area contributed by atoms with Crippen LogP contribution in [0, 0.1) is 5.92 Å². The molecule has 2 heterocycles. The van der Waals surface area contributed by atoms with Gasteiger partial charge in [0.25, 0.3) is 0 Å². The second-order valence-corrected chi connectivity index (χ2v) is 7.51. The lowest BCUT2D eigenvalue weighted by Crippen LogP contribution is -2.64. The van der Waals surface area contributed by atoms with Crippen LogP contribution in [-0.2, 0) is 4.74 Å². The maximum Gasteiger partial charge on any atom is 0.0588 e. The Labute approximate surface area is 131 Å². The Hall–Kier alpha value is -0.120. The molecule has 2 saturated heterocycles. The monoisotopic (exact) mass is 296 g/mol. The minimum absolute atomic E-state index is 0.367. The summed E-state index contributed by atoms with van der Waals surface area (Å²) >= 11 is 0. The van der Waals surface area contributed by atoms with Crippen molar-refractivity contribution >= 4 is 0 Å². The first-order valence-electron chi connectivity index (χ1n) is 9.19. The van der Waals surface area contributed by atoms with E-state index >= 15 is 0 Å². The fraction of sp³-hybridized carbons (Fsp3) is 1.00. The summed E-state index contributed by atoms with van der Waals surface area (Å²) in [6, 6.07) is 0.667. The van der Waals surface area contributed by atoms with Crippen molar-refractivity contribution in [1.29, 1.82) is 0 Å². The van der Waals surface area contributed by atoms with Crippen LogP contribution >= 0.6 is 0 Å². The molecule has 3 heteroatoms. The summed E-state index contributed by atoms with van der Waals surface area (Å²) in [4.78, 5) is 2.79. The first kappa shape index (κ1) is 17.2. The maximum absolute atomic E-state index is 5.83. The Bertz CT molecular complexity index is 296. The highest BCUT2D eigenvalue weighted by Crippen LogP contribution is 2.29. The molecule has 0 radical (unpaired) electrons. The smallest absolute Gasteiger partial charge is 0.0588 e. The van der Waals surface area contributed by atoms with Gasteiger partial charge in [-0.3, -0.25) is 4.90 Å². The molecular weight excluding hydrogens is 260 g/mol. The highest BCUT2D eigenvalue weighted by Gasteiger charge is 2.38. The van der Waals surface area contributed by atoms with E-state index in [0.29, 0.717) is 17.7 Å². The van der Waals surface area contributed by atoms with Gasteiger partial charge in [-0.15, -0.1) is 0 Å². The van der Waals surface area contributed by atoms with E-state index < -0.39 is 0 Å². The van der Waals surface area contributed by atoms with Crippen LogP contribution in [0.2, 0.25) is 0 Å². The lowest BCUT2D eigenvalue weighted by atomic mass is 9.85. The molecule has 0 amide bonds. The van der Waals surface area contributed by atoms with Gasteiger partial charge < -0.3 is 10.1 Å². The average molecular weight is 296 g/mol. The van der Waals surface area contributed by atoms with Gasteiger partial charge >= 0.3 is 0 Å². The van der Waals surface area contributed by atoms with Gasteiger partial charge in [-0.05, 0) is 44.4 Å². The number of nitrogens with zero attached hydrogens (tertiary/aromatic N) is 1. The molecule has 3 nitrogen and oxygen atoms in total. The molecule has 2 fully saturated rings. The van der Waals surface area contributed by atoms with Crippen molar-refractivity contribution in [1.82, 2.24) is 10.2 Å². The minimum atomic E-state index is 0.367. The predicted octanol–water partition coefficient (Wildman–Crippen LogP) is 3.43. The highest BCUT2D eigenvalue weighted by atomic mass is 16.5. The molecule has 0 bridgehead atoms. The molecule has 2 unspecified atom stereocenters. The summed E-state index contributed by atoms with van der Waals surface area (Å²) in [7, 11) is 0. The Kier molecular flexibility index (Phi) is 6.51. The fourth-order valence-electron chi connectivity index (χ4n) is 4.14. The predicted molar refractivity (Wildman–Crippen MR) is 89.7 cm³/mol. The molecule has 2 atom stereocenters. The Morgan fingerprint density at radius 1 is 1.29 bits per heavy atom. The van der Waals surface area contributed by atoms with Gasteiger partial charge in [0, 0.05) is 37.8 Å². The van der Waals surface area contributed by atoms with Gasteiger partial charge in [-0.25, -0.2) is 0 Å². The zero-order chi connectivity index (χ0) is 15.3. The van der Waals surface area contributed by atoms with Crippen molar-refractivity contribution in [2.45, 2.75) is 83.9 Å². The van der Waals surface area contributed by atoms with Crippen LogP contribution in [0.4, 0.5) is 0 Å². The Morgan fingerprint density at radius 3 is 2.62 bits per heavy atom. The summed E-state index contributed by atoms with van der Waals surface area (Å²) in [5.74, 6) is 0.776. The van der Waals surface area contributed by atoms with Gasteiger partial charge in [-0.1, -0.05) is 27.7 Å². The van der Waals surface area contributed by atoms with Gasteiger partial charge in [0.2, 0.25) is 0 Å². The van der Waals surface area contributed by atoms with E-state index in [1.54, 1.807) is 0 Å². The molecule has 0 aliphatic carbocycles. The fourth-order valence-corrected chi connectivity index (χ4v) is 4.14. The van der Waals surface area contributed by atoms with E-state index in [9.17, 15) is 0 Å². The summed E-state index contributed by atoms with van der Waals surface area (Å²) in [6.07, 6.45) is 8.06. The van der Waals surface area contributed by atoms with E-state index in [1.165, 1.54) is 51.6 Å². The van der Waals surface area contributed by atoms with Gasteiger partial charge in [0.05, 0.1) is 6.10 Å². The van der Waals surface area contributed by atoms with E-state index in [1.807, 2.05) is 0 Å². The van der Waals surface area contributed by atoms with Crippen LogP contribution in [0.1, 0.15) is 66.2 Å². The Balaban J connectivity index is 1.94. The molecule has 124 valence electrons. The third-order valence-corrected chi connectivity index (χ3v) is 5.65. The second kappa shape index (κ2) is 7.94. The van der Waals surface area contributed by atoms with Crippen molar-refractivity contribution in [3.05, 3.63) is 0 Å². The van der Waals surface area contributed by atoms with E-state index in [0.717, 1.165) is 19.1 Å². The average Bonchev–Trinajstić information content (AvgIpc) is 2.98. The lowest BCUT2D eigenvalue weighted by Gasteiger charge is -2.50. The van der Waals surface area contributed by atoms with Crippen molar-refractivity contribution < 1.29 is 4.74 Å². The molecule has 0 saturated carbocycles. The number of ether oxygens (including phenoxy) is 1. The van der Waals surface area contributed by atoms with Crippen LogP contribution in [-0.4, -0.2) is 48.8 Å². The van der Waals surface area contributed by atoms with Crippen molar-refractivity contribution in [2.24, 2.45) is 5.92 Å². The van der Waals surface area contributed by atoms with E-state index in [-0.39, 0.29) is 0 Å². The Morgan fingerprint density at radius 2 is 2.05 bits per heavy atom. The minimum Gasteiger partial charge on any atom is -0.378 e. The zero-order valence-corrected chi connectivity index (χ0v) is 14.7. The van der Waals surface area contributed by atoms with Crippen molar-refractivity contribution in [2.75, 3.05) is 26.2 Å². The largest absolute Gasteiger partial charge is 0.378 e. The second-order valence-electron chi connectivity index (χ2n) is 7.51. The molecule has 2 rings (SSSR count). The molecule has 0 spiro atoms. The van der Waals surface area contributed by atoms with Gasteiger partial charge in [0.1, 0.15) is 0 Å². The normalized spacial score (nSPS) is 30.1. The standard InChI is InChI=1S/C18H36N2O/c1-5-18(6-2)14-19-16(12-15(3)4)13-20(18)10-9-17-8-7-11-21-17/h15-17,19H,5-14H2,1-4H3.